The largest absolute Gasteiger partial charge is 0.369 e. The number of hydrogen-bond donors (Lipinski definition) is 2. The van der Waals surface area contributed by atoms with E-state index in [1.165, 1.54) is 0 Å². The lowest BCUT2D eigenvalue weighted by atomic mass is 10.2. The number of hydrogen-bond acceptors (Lipinski definition) is 4. The van der Waals surface area contributed by atoms with E-state index >= 15 is 0 Å². The summed E-state index contributed by atoms with van der Waals surface area (Å²) in [6, 6.07) is 5.08. The first-order chi connectivity index (χ1) is 10.5. The summed E-state index contributed by atoms with van der Waals surface area (Å²) in [5.74, 6) is 0.312. The van der Waals surface area contributed by atoms with Gasteiger partial charge in [0.15, 0.2) is 5.82 Å². The third-order valence-corrected chi connectivity index (χ3v) is 3.69. The van der Waals surface area contributed by atoms with Gasteiger partial charge < -0.3 is 10.6 Å². The van der Waals surface area contributed by atoms with Crippen molar-refractivity contribution in [2.75, 3.05) is 17.2 Å². The quantitative estimate of drug-likeness (QED) is 0.735. The lowest BCUT2D eigenvalue weighted by Crippen LogP contribution is -2.17. The third kappa shape index (κ3) is 4.56. The van der Waals surface area contributed by atoms with Crippen LogP contribution in [0.1, 0.15) is 12.5 Å². The van der Waals surface area contributed by atoms with Gasteiger partial charge in [-0.05, 0) is 46.6 Å². The Hall–Kier alpha value is -1.37. The standard InChI is InChI=1S/C14H13BrCl2N4O/c1-2-18-14-10(3-4-11(16)21-14)20-12(22)6-8-5-9(15)7-19-13(8)17/h3-5,7H,2,6H2,1H3,(H,18,21)(H,20,22). The van der Waals surface area contributed by atoms with Crippen molar-refractivity contribution >= 4 is 56.5 Å². The van der Waals surface area contributed by atoms with Gasteiger partial charge in [-0.2, -0.15) is 0 Å². The van der Waals surface area contributed by atoms with Gasteiger partial charge in [-0.3, -0.25) is 4.79 Å². The van der Waals surface area contributed by atoms with E-state index in [1.54, 1.807) is 24.4 Å². The number of rotatable bonds is 5. The molecule has 0 saturated carbocycles. The summed E-state index contributed by atoms with van der Waals surface area (Å²) in [5, 5.41) is 6.50. The summed E-state index contributed by atoms with van der Waals surface area (Å²) in [6.07, 6.45) is 1.69. The van der Waals surface area contributed by atoms with Gasteiger partial charge in [-0.1, -0.05) is 23.2 Å². The Bertz CT molecular complexity index is 697. The molecule has 2 rings (SSSR count). The molecule has 2 N–H and O–H groups in total. The summed E-state index contributed by atoms with van der Waals surface area (Å²) in [5.41, 5.74) is 1.20. The maximum Gasteiger partial charge on any atom is 0.229 e. The highest BCUT2D eigenvalue weighted by molar-refractivity contribution is 9.10. The van der Waals surface area contributed by atoms with Gasteiger partial charge in [-0.15, -0.1) is 0 Å². The van der Waals surface area contributed by atoms with Crippen molar-refractivity contribution in [1.29, 1.82) is 0 Å². The average molecular weight is 404 g/mol. The molecule has 116 valence electrons. The Morgan fingerprint density at radius 2 is 2.14 bits per heavy atom. The summed E-state index contributed by atoms with van der Waals surface area (Å²) >= 11 is 15.2. The monoisotopic (exact) mass is 402 g/mol. The molecule has 1 amide bonds. The average Bonchev–Trinajstić information content (AvgIpc) is 2.46. The molecule has 0 aliphatic heterocycles. The number of aromatic nitrogens is 2. The van der Waals surface area contributed by atoms with Gasteiger partial charge >= 0.3 is 0 Å². The van der Waals surface area contributed by atoms with E-state index in [4.69, 9.17) is 23.2 Å². The van der Waals surface area contributed by atoms with Crippen molar-refractivity contribution in [3.63, 3.8) is 0 Å². The fourth-order valence-electron chi connectivity index (χ4n) is 1.79. The van der Waals surface area contributed by atoms with Crippen LogP contribution in [0, 0.1) is 0 Å². The van der Waals surface area contributed by atoms with Gasteiger partial charge in [-0.25, -0.2) is 9.97 Å². The maximum absolute atomic E-state index is 12.2. The fraction of sp³-hybridized carbons (Fsp3) is 0.214. The summed E-state index contributed by atoms with van der Waals surface area (Å²) in [6.45, 7) is 2.60. The number of halogens is 3. The van der Waals surface area contributed by atoms with Crippen LogP contribution in [-0.4, -0.2) is 22.4 Å². The molecule has 0 fully saturated rings. The molecular formula is C14H13BrCl2N4O. The van der Waals surface area contributed by atoms with E-state index in [0.29, 0.717) is 33.9 Å². The number of amides is 1. The predicted molar refractivity (Wildman–Crippen MR) is 92.7 cm³/mol. The zero-order chi connectivity index (χ0) is 16.1. The van der Waals surface area contributed by atoms with E-state index < -0.39 is 0 Å². The highest BCUT2D eigenvalue weighted by atomic mass is 79.9. The van der Waals surface area contributed by atoms with Crippen LogP contribution in [0.5, 0.6) is 0 Å². The van der Waals surface area contributed by atoms with Crippen molar-refractivity contribution in [2.24, 2.45) is 0 Å². The molecule has 8 heteroatoms. The van der Waals surface area contributed by atoms with Gasteiger partial charge in [0.2, 0.25) is 5.91 Å². The molecule has 0 unspecified atom stereocenters. The fourth-order valence-corrected chi connectivity index (χ4v) is 2.49. The Labute approximate surface area is 146 Å². The molecule has 2 aromatic rings. The minimum absolute atomic E-state index is 0.111. The Balaban J connectivity index is 2.13. The number of carbonyl (C=O) groups excluding carboxylic acids is 1. The topological polar surface area (TPSA) is 66.9 Å². The highest BCUT2D eigenvalue weighted by Gasteiger charge is 2.12. The molecule has 22 heavy (non-hydrogen) atoms. The number of anilines is 2. The van der Waals surface area contributed by atoms with Crippen LogP contribution in [0.25, 0.3) is 0 Å². The van der Waals surface area contributed by atoms with Crippen molar-refractivity contribution in [3.8, 4) is 0 Å². The van der Waals surface area contributed by atoms with Crippen molar-refractivity contribution < 1.29 is 4.79 Å². The molecule has 0 atom stereocenters. The second-order valence-electron chi connectivity index (χ2n) is 4.39. The molecule has 0 spiro atoms. The normalized spacial score (nSPS) is 10.4. The van der Waals surface area contributed by atoms with Crippen LogP contribution >= 0.6 is 39.1 Å². The number of pyridine rings is 2. The van der Waals surface area contributed by atoms with E-state index in [2.05, 4.69) is 36.5 Å². The first-order valence-electron chi connectivity index (χ1n) is 6.49. The predicted octanol–water partition coefficient (Wildman–Crippen LogP) is 4.16. The molecule has 0 saturated heterocycles. The van der Waals surface area contributed by atoms with Crippen LogP contribution < -0.4 is 10.6 Å². The second kappa shape index (κ2) is 7.76. The van der Waals surface area contributed by atoms with E-state index in [-0.39, 0.29) is 12.3 Å². The molecule has 0 radical (unpaired) electrons. The van der Waals surface area contributed by atoms with E-state index in [0.717, 1.165) is 4.47 Å². The summed E-state index contributed by atoms with van der Waals surface area (Å²) in [4.78, 5) is 20.3. The smallest absolute Gasteiger partial charge is 0.229 e. The van der Waals surface area contributed by atoms with Crippen LogP contribution in [-0.2, 0) is 11.2 Å². The van der Waals surface area contributed by atoms with Crippen LogP contribution in [0.4, 0.5) is 11.5 Å². The molecular weight excluding hydrogens is 391 g/mol. The highest BCUT2D eigenvalue weighted by Crippen LogP contribution is 2.23. The molecule has 0 aromatic carbocycles. The molecule has 0 aliphatic carbocycles. The van der Waals surface area contributed by atoms with Crippen LogP contribution in [0.3, 0.4) is 0 Å². The van der Waals surface area contributed by atoms with Gasteiger partial charge in [0.25, 0.3) is 0 Å². The zero-order valence-electron chi connectivity index (χ0n) is 11.7. The number of carbonyl (C=O) groups is 1. The summed E-state index contributed by atoms with van der Waals surface area (Å²) < 4.78 is 0.765. The molecule has 2 heterocycles. The van der Waals surface area contributed by atoms with Crippen molar-refractivity contribution in [3.05, 3.63) is 44.7 Å². The SMILES string of the molecule is CCNc1nc(Cl)ccc1NC(=O)Cc1cc(Br)cnc1Cl. The third-order valence-electron chi connectivity index (χ3n) is 2.71. The minimum Gasteiger partial charge on any atom is -0.369 e. The minimum atomic E-state index is -0.218. The maximum atomic E-state index is 12.2. The number of nitrogens with one attached hydrogen (secondary N) is 2. The summed E-state index contributed by atoms with van der Waals surface area (Å²) in [7, 11) is 0. The van der Waals surface area contributed by atoms with Gasteiger partial charge in [0.1, 0.15) is 10.3 Å². The Kier molecular flexibility index (Phi) is 5.99. The molecule has 5 nitrogen and oxygen atoms in total. The van der Waals surface area contributed by atoms with E-state index in [1.807, 2.05) is 6.92 Å². The lowest BCUT2D eigenvalue weighted by Gasteiger charge is -2.11. The Morgan fingerprint density at radius 1 is 1.36 bits per heavy atom. The van der Waals surface area contributed by atoms with Gasteiger partial charge in [0, 0.05) is 17.2 Å². The first kappa shape index (κ1) is 17.0. The van der Waals surface area contributed by atoms with Gasteiger partial charge in [0.05, 0.1) is 12.1 Å². The van der Waals surface area contributed by atoms with Crippen LogP contribution in [0.2, 0.25) is 10.3 Å². The first-order valence-corrected chi connectivity index (χ1v) is 8.04. The number of nitrogens with zero attached hydrogens (tertiary/aromatic N) is 2. The second-order valence-corrected chi connectivity index (χ2v) is 6.05. The molecule has 2 aromatic heterocycles. The van der Waals surface area contributed by atoms with Crippen molar-refractivity contribution in [1.82, 2.24) is 9.97 Å². The van der Waals surface area contributed by atoms with Crippen LogP contribution in [0.15, 0.2) is 28.9 Å². The lowest BCUT2D eigenvalue weighted by molar-refractivity contribution is -0.115. The molecule has 0 aliphatic rings. The van der Waals surface area contributed by atoms with E-state index in [9.17, 15) is 4.79 Å². The Morgan fingerprint density at radius 3 is 2.86 bits per heavy atom. The zero-order valence-corrected chi connectivity index (χ0v) is 14.8. The molecule has 0 bridgehead atoms. The van der Waals surface area contributed by atoms with Crippen molar-refractivity contribution in [2.45, 2.75) is 13.3 Å².